The number of esters is 4. The fourth-order valence-corrected chi connectivity index (χ4v) is 5.18. The smallest absolute Gasteiger partial charge is 0.328 e. The van der Waals surface area contributed by atoms with Crippen molar-refractivity contribution in [3.8, 4) is 0 Å². The van der Waals surface area contributed by atoms with Gasteiger partial charge in [-0.05, 0) is 35.1 Å². The molecular formula is C43H46N4O11. The highest BCUT2D eigenvalue weighted by molar-refractivity contribution is 5.90. The van der Waals surface area contributed by atoms with Crippen LogP contribution in [0.1, 0.15) is 47.9 Å². The zero-order chi connectivity index (χ0) is 41.4. The van der Waals surface area contributed by atoms with Gasteiger partial charge in [-0.15, -0.1) is 0 Å². The Balaban J connectivity index is 1.24. The molecule has 0 aromatic heterocycles. The molecule has 2 atom stereocenters. The third-order valence-corrected chi connectivity index (χ3v) is 8.27. The molecule has 0 saturated carbocycles. The molecule has 4 N–H and O–H groups in total. The lowest BCUT2D eigenvalue weighted by Gasteiger charge is -2.18. The van der Waals surface area contributed by atoms with E-state index in [4.69, 9.17) is 18.9 Å². The second-order valence-electron chi connectivity index (χ2n) is 12.8. The van der Waals surface area contributed by atoms with Crippen molar-refractivity contribution in [1.82, 2.24) is 21.3 Å². The minimum absolute atomic E-state index is 0.0367. The molecule has 0 aliphatic rings. The number of ether oxygens (including phenoxy) is 4. The lowest BCUT2D eigenvalue weighted by Crippen LogP contribution is -2.50. The number of amides is 4. The van der Waals surface area contributed by atoms with Crippen LogP contribution in [0.3, 0.4) is 0 Å². The van der Waals surface area contributed by atoms with Gasteiger partial charge in [-0.2, -0.15) is 0 Å². The number of rotatable bonds is 22. The molecule has 0 saturated heterocycles. The van der Waals surface area contributed by atoms with Crippen LogP contribution in [0.2, 0.25) is 0 Å². The maximum atomic E-state index is 13.0. The molecule has 15 heteroatoms. The van der Waals surface area contributed by atoms with Crippen LogP contribution in [0.5, 0.6) is 0 Å². The van der Waals surface area contributed by atoms with Gasteiger partial charge in [0.1, 0.15) is 38.5 Å². The van der Waals surface area contributed by atoms with Crippen LogP contribution in [0.4, 0.5) is 4.79 Å². The molecule has 4 aromatic carbocycles. The summed E-state index contributed by atoms with van der Waals surface area (Å²) in [6.07, 6.45) is -0.702. The second-order valence-corrected chi connectivity index (χ2v) is 12.8. The summed E-state index contributed by atoms with van der Waals surface area (Å²) in [6, 6.07) is 32.4. The lowest BCUT2D eigenvalue weighted by molar-refractivity contribution is -0.151. The number of urea groups is 1. The lowest BCUT2D eigenvalue weighted by atomic mass is 10.1. The third kappa shape index (κ3) is 17.2. The van der Waals surface area contributed by atoms with E-state index < -0.39 is 66.9 Å². The van der Waals surface area contributed by atoms with Crippen molar-refractivity contribution < 1.29 is 52.5 Å². The largest absolute Gasteiger partial charge is 0.461 e. The molecule has 0 aliphatic heterocycles. The maximum Gasteiger partial charge on any atom is 0.328 e. The van der Waals surface area contributed by atoms with Crippen molar-refractivity contribution in [2.24, 2.45) is 0 Å². The first-order chi connectivity index (χ1) is 28.1. The van der Waals surface area contributed by atoms with Crippen LogP contribution in [0.25, 0.3) is 0 Å². The first-order valence-electron chi connectivity index (χ1n) is 18.5. The molecule has 0 spiro atoms. The molecule has 4 amide bonds. The van der Waals surface area contributed by atoms with Gasteiger partial charge < -0.3 is 40.2 Å². The average molecular weight is 795 g/mol. The van der Waals surface area contributed by atoms with Gasteiger partial charge in [-0.25, -0.2) is 14.4 Å². The van der Waals surface area contributed by atoms with Crippen molar-refractivity contribution in [3.63, 3.8) is 0 Å². The van der Waals surface area contributed by atoms with Gasteiger partial charge in [0.25, 0.3) is 0 Å². The highest BCUT2D eigenvalue weighted by Crippen LogP contribution is 2.10. The summed E-state index contributed by atoms with van der Waals surface area (Å²) in [7, 11) is 0. The van der Waals surface area contributed by atoms with E-state index >= 15 is 0 Å². The SMILES string of the molecule is O=C(CNC(=O)NCC(=O)N[C@@H](CCC(=O)OCc1ccccc1)C(=O)OCc1ccccc1)N[C@@H](CCC(=O)OCc1ccccc1)C(=O)OCc1ccccc1. The molecule has 58 heavy (non-hydrogen) atoms. The Hall–Kier alpha value is -7.03. The van der Waals surface area contributed by atoms with Crippen LogP contribution < -0.4 is 21.3 Å². The van der Waals surface area contributed by atoms with Gasteiger partial charge >= 0.3 is 29.9 Å². The molecule has 0 heterocycles. The first kappa shape index (κ1) is 43.7. The normalized spacial score (nSPS) is 11.4. The van der Waals surface area contributed by atoms with Gasteiger partial charge in [-0.3, -0.25) is 19.2 Å². The molecule has 15 nitrogen and oxygen atoms in total. The monoisotopic (exact) mass is 794 g/mol. The predicted molar refractivity (Wildman–Crippen MR) is 209 cm³/mol. The summed E-state index contributed by atoms with van der Waals surface area (Å²) in [5, 5.41) is 9.52. The van der Waals surface area contributed by atoms with Crippen LogP contribution in [0.15, 0.2) is 121 Å². The zero-order valence-corrected chi connectivity index (χ0v) is 31.8. The van der Waals surface area contributed by atoms with Gasteiger partial charge in [0.05, 0.1) is 13.1 Å². The second kappa shape index (κ2) is 24.5. The molecule has 0 bridgehead atoms. The number of hydrogen-bond acceptors (Lipinski definition) is 11. The molecule has 0 aliphatic carbocycles. The summed E-state index contributed by atoms with van der Waals surface area (Å²) < 4.78 is 21.3. The quantitative estimate of drug-likeness (QED) is 0.0666. The number of carbonyl (C=O) groups is 7. The molecule has 4 rings (SSSR count). The summed E-state index contributed by atoms with van der Waals surface area (Å²) in [4.78, 5) is 89.1. The third-order valence-electron chi connectivity index (χ3n) is 8.27. The Kier molecular flexibility index (Phi) is 18.4. The van der Waals surface area contributed by atoms with E-state index in [1.54, 1.807) is 109 Å². The summed E-state index contributed by atoms with van der Waals surface area (Å²) in [5.74, 6) is -4.33. The van der Waals surface area contributed by atoms with E-state index in [-0.39, 0.29) is 52.1 Å². The first-order valence-corrected chi connectivity index (χ1v) is 18.5. The molecule has 0 radical (unpaired) electrons. The van der Waals surface area contributed by atoms with E-state index in [1.807, 2.05) is 12.1 Å². The fourth-order valence-electron chi connectivity index (χ4n) is 5.18. The van der Waals surface area contributed by atoms with E-state index in [0.29, 0.717) is 11.1 Å². The van der Waals surface area contributed by atoms with E-state index in [0.717, 1.165) is 11.1 Å². The van der Waals surface area contributed by atoms with E-state index in [2.05, 4.69) is 21.3 Å². The van der Waals surface area contributed by atoms with E-state index in [1.165, 1.54) is 0 Å². The molecule has 0 unspecified atom stereocenters. The standard InChI is InChI=1S/C43H46N4O11/c48-37(46-35(41(52)57-29-33-17-9-3-10-18-33)21-23-39(50)55-27-31-13-5-1-6-14-31)25-44-43(54)45-26-38(49)47-36(42(53)58-30-34-19-11-4-12-20-34)22-24-40(51)56-28-32-15-7-2-8-16-32/h1-20,35-36H,21-30H2,(H,46,48)(H,47,49)(H2,44,45,54)/t35-,36-/m0/s1. The topological polar surface area (TPSA) is 205 Å². The van der Waals surface area contributed by atoms with Gasteiger partial charge in [0.15, 0.2) is 0 Å². The Morgan fingerprint density at radius 2 is 0.707 bits per heavy atom. The number of hydrogen-bond donors (Lipinski definition) is 4. The predicted octanol–water partition coefficient (Wildman–Crippen LogP) is 3.79. The highest BCUT2D eigenvalue weighted by atomic mass is 16.5. The summed E-state index contributed by atoms with van der Waals surface area (Å²) >= 11 is 0. The van der Waals surface area contributed by atoms with Crippen LogP contribution in [0, 0.1) is 0 Å². The van der Waals surface area contributed by atoms with Gasteiger partial charge in [0.2, 0.25) is 11.8 Å². The minimum Gasteiger partial charge on any atom is -0.461 e. The van der Waals surface area contributed by atoms with Crippen molar-refractivity contribution in [3.05, 3.63) is 144 Å². The van der Waals surface area contributed by atoms with Crippen molar-refractivity contribution >= 4 is 41.7 Å². The van der Waals surface area contributed by atoms with Gasteiger partial charge in [-0.1, -0.05) is 121 Å². The Morgan fingerprint density at radius 3 is 1.02 bits per heavy atom. The number of carbonyl (C=O) groups excluding carboxylic acids is 7. The fraction of sp³-hybridized carbons (Fsp3) is 0.279. The molecule has 304 valence electrons. The molecular weight excluding hydrogens is 748 g/mol. The van der Waals surface area contributed by atoms with Crippen molar-refractivity contribution in [1.29, 1.82) is 0 Å². The average Bonchev–Trinajstić information content (AvgIpc) is 3.26. The van der Waals surface area contributed by atoms with Gasteiger partial charge in [0, 0.05) is 12.8 Å². The van der Waals surface area contributed by atoms with Crippen LogP contribution >= 0.6 is 0 Å². The minimum atomic E-state index is -1.25. The van der Waals surface area contributed by atoms with E-state index in [9.17, 15) is 33.6 Å². The maximum absolute atomic E-state index is 13.0. The Labute approximate surface area is 335 Å². The highest BCUT2D eigenvalue weighted by Gasteiger charge is 2.26. The molecule has 4 aromatic rings. The van der Waals surface area contributed by atoms with Crippen LogP contribution in [-0.2, 0) is 74.1 Å². The zero-order valence-electron chi connectivity index (χ0n) is 31.8. The summed E-state index contributed by atoms with van der Waals surface area (Å²) in [6.45, 7) is -1.28. The molecule has 0 fully saturated rings. The number of nitrogens with one attached hydrogen (secondary N) is 4. The Bertz CT molecular complexity index is 1790. The summed E-state index contributed by atoms with van der Waals surface area (Å²) in [5.41, 5.74) is 2.98. The van der Waals surface area contributed by atoms with Crippen molar-refractivity contribution in [2.45, 2.75) is 64.2 Å². The number of benzene rings is 4. The van der Waals surface area contributed by atoms with Crippen molar-refractivity contribution in [2.75, 3.05) is 13.1 Å². The van der Waals surface area contributed by atoms with Crippen LogP contribution in [-0.4, -0.2) is 66.9 Å². The Morgan fingerprint density at radius 1 is 0.414 bits per heavy atom.